The van der Waals surface area contributed by atoms with Crippen molar-refractivity contribution in [1.29, 1.82) is 0 Å². The number of halogens is 1. The van der Waals surface area contributed by atoms with Crippen LogP contribution in [0, 0.1) is 5.92 Å². The van der Waals surface area contributed by atoms with Crippen molar-refractivity contribution in [1.82, 2.24) is 0 Å². The molecule has 0 heterocycles. The van der Waals surface area contributed by atoms with Crippen molar-refractivity contribution in [3.8, 4) is 11.5 Å². The van der Waals surface area contributed by atoms with Gasteiger partial charge in [-0.05, 0) is 50.5 Å². The predicted octanol–water partition coefficient (Wildman–Crippen LogP) is 5.13. The molecular formula is C19H27IO4. The maximum atomic E-state index is 11.8. The third-order valence-corrected chi connectivity index (χ3v) is 5.66. The van der Waals surface area contributed by atoms with E-state index >= 15 is 0 Å². The summed E-state index contributed by atoms with van der Waals surface area (Å²) in [4.78, 5) is 11.8. The molecule has 0 radical (unpaired) electrons. The number of benzene rings is 1. The second-order valence-corrected chi connectivity index (χ2v) is 7.61. The van der Waals surface area contributed by atoms with E-state index in [4.69, 9.17) is 14.2 Å². The topological polar surface area (TPSA) is 44.8 Å². The van der Waals surface area contributed by atoms with Gasteiger partial charge < -0.3 is 14.2 Å². The Labute approximate surface area is 158 Å². The SMILES string of the molecule is CCOC(Oc1ccc(OC(=O)C(I)CC)cc1)C1CCCCC1. The van der Waals surface area contributed by atoms with Crippen LogP contribution < -0.4 is 9.47 Å². The van der Waals surface area contributed by atoms with Crippen molar-refractivity contribution in [2.45, 2.75) is 62.6 Å². The first kappa shape index (κ1) is 19.5. The standard InChI is InChI=1S/C19H27IO4/c1-3-17(20)18(21)23-15-10-12-16(13-11-15)24-19(22-4-2)14-8-6-5-7-9-14/h10-14,17,19H,3-9H2,1-2H3. The van der Waals surface area contributed by atoms with Crippen LogP contribution in [0.1, 0.15) is 52.4 Å². The van der Waals surface area contributed by atoms with E-state index < -0.39 is 0 Å². The first-order valence-electron chi connectivity index (χ1n) is 8.88. The number of carbonyl (C=O) groups is 1. The van der Waals surface area contributed by atoms with Crippen LogP contribution in [0.2, 0.25) is 0 Å². The molecule has 134 valence electrons. The summed E-state index contributed by atoms with van der Waals surface area (Å²) >= 11 is 2.10. The molecule has 0 spiro atoms. The zero-order valence-electron chi connectivity index (χ0n) is 14.5. The van der Waals surface area contributed by atoms with Gasteiger partial charge in [-0.1, -0.05) is 48.8 Å². The van der Waals surface area contributed by atoms with Crippen molar-refractivity contribution in [3.63, 3.8) is 0 Å². The van der Waals surface area contributed by atoms with E-state index in [0.29, 0.717) is 18.3 Å². The predicted molar refractivity (Wildman–Crippen MR) is 103 cm³/mol. The Hall–Kier alpha value is -0.820. The van der Waals surface area contributed by atoms with Gasteiger partial charge in [0.2, 0.25) is 6.29 Å². The first-order valence-corrected chi connectivity index (χ1v) is 10.1. The number of carbonyl (C=O) groups excluding carboxylic acids is 1. The van der Waals surface area contributed by atoms with Crippen LogP contribution in [0.5, 0.6) is 11.5 Å². The zero-order chi connectivity index (χ0) is 17.4. The van der Waals surface area contributed by atoms with Gasteiger partial charge in [-0.15, -0.1) is 0 Å². The van der Waals surface area contributed by atoms with Crippen LogP contribution in [0.3, 0.4) is 0 Å². The van der Waals surface area contributed by atoms with Gasteiger partial charge in [0.25, 0.3) is 0 Å². The lowest BCUT2D eigenvalue weighted by atomic mass is 9.89. The van der Waals surface area contributed by atoms with Crippen LogP contribution in [0.4, 0.5) is 0 Å². The summed E-state index contributed by atoms with van der Waals surface area (Å²) in [6.07, 6.45) is 6.71. The minimum absolute atomic E-state index is 0.118. The molecule has 2 atom stereocenters. The molecule has 2 rings (SSSR count). The molecule has 1 aliphatic rings. The van der Waals surface area contributed by atoms with E-state index in [0.717, 1.165) is 25.0 Å². The van der Waals surface area contributed by atoms with Crippen LogP contribution in [0.25, 0.3) is 0 Å². The molecule has 1 fully saturated rings. The Balaban J connectivity index is 1.94. The molecule has 0 amide bonds. The summed E-state index contributed by atoms with van der Waals surface area (Å²) in [5.41, 5.74) is 0. The van der Waals surface area contributed by atoms with Crippen molar-refractivity contribution in [2.24, 2.45) is 5.92 Å². The third kappa shape index (κ3) is 5.92. The van der Waals surface area contributed by atoms with Crippen LogP contribution in [-0.2, 0) is 9.53 Å². The maximum absolute atomic E-state index is 11.8. The molecular weight excluding hydrogens is 419 g/mol. The number of esters is 1. The first-order chi connectivity index (χ1) is 11.6. The van der Waals surface area contributed by atoms with Crippen LogP contribution in [0.15, 0.2) is 24.3 Å². The Morgan fingerprint density at radius 3 is 2.33 bits per heavy atom. The largest absolute Gasteiger partial charge is 0.465 e. The highest BCUT2D eigenvalue weighted by Crippen LogP contribution is 2.30. The quantitative estimate of drug-likeness (QED) is 0.183. The Kier molecular flexibility index (Phi) is 8.32. The van der Waals surface area contributed by atoms with Gasteiger partial charge in [-0.3, -0.25) is 4.79 Å². The summed E-state index contributed by atoms with van der Waals surface area (Å²) in [5, 5.41) is 0. The number of alkyl halides is 1. The average molecular weight is 446 g/mol. The molecule has 5 heteroatoms. The smallest absolute Gasteiger partial charge is 0.324 e. The molecule has 4 nitrogen and oxygen atoms in total. The van der Waals surface area contributed by atoms with Gasteiger partial charge in [0, 0.05) is 12.5 Å². The monoisotopic (exact) mass is 446 g/mol. The zero-order valence-corrected chi connectivity index (χ0v) is 16.7. The van der Waals surface area contributed by atoms with Gasteiger partial charge >= 0.3 is 5.97 Å². The molecule has 24 heavy (non-hydrogen) atoms. The van der Waals surface area contributed by atoms with Crippen LogP contribution >= 0.6 is 22.6 Å². The van der Waals surface area contributed by atoms with Crippen molar-refractivity contribution < 1.29 is 19.0 Å². The average Bonchev–Trinajstić information content (AvgIpc) is 2.63. The number of hydrogen-bond donors (Lipinski definition) is 0. The molecule has 0 saturated heterocycles. The molecule has 1 aromatic carbocycles. The lowest BCUT2D eigenvalue weighted by Gasteiger charge is -2.30. The highest BCUT2D eigenvalue weighted by atomic mass is 127. The maximum Gasteiger partial charge on any atom is 0.324 e. The third-order valence-electron chi connectivity index (χ3n) is 4.27. The van der Waals surface area contributed by atoms with E-state index in [1.54, 1.807) is 12.1 Å². The lowest BCUT2D eigenvalue weighted by Crippen LogP contribution is -2.31. The second-order valence-electron chi connectivity index (χ2n) is 6.11. The van der Waals surface area contributed by atoms with Gasteiger partial charge in [0.1, 0.15) is 15.4 Å². The minimum Gasteiger partial charge on any atom is -0.465 e. The molecule has 0 N–H and O–H groups in total. The van der Waals surface area contributed by atoms with Crippen molar-refractivity contribution in [3.05, 3.63) is 24.3 Å². The van der Waals surface area contributed by atoms with Gasteiger partial charge in [-0.2, -0.15) is 0 Å². The summed E-state index contributed by atoms with van der Waals surface area (Å²) in [7, 11) is 0. The fourth-order valence-corrected chi connectivity index (χ4v) is 3.03. The van der Waals surface area contributed by atoms with Gasteiger partial charge in [-0.25, -0.2) is 0 Å². The molecule has 1 saturated carbocycles. The van der Waals surface area contributed by atoms with E-state index in [9.17, 15) is 4.79 Å². The fraction of sp³-hybridized carbons (Fsp3) is 0.632. The van der Waals surface area contributed by atoms with Gasteiger partial charge in [0.05, 0.1) is 0 Å². The molecule has 0 aromatic heterocycles. The number of hydrogen-bond acceptors (Lipinski definition) is 4. The minimum atomic E-state index is -0.207. The van der Waals surface area contributed by atoms with E-state index in [-0.39, 0.29) is 16.2 Å². The highest BCUT2D eigenvalue weighted by molar-refractivity contribution is 14.1. The van der Waals surface area contributed by atoms with E-state index in [2.05, 4.69) is 22.6 Å². The number of ether oxygens (including phenoxy) is 3. The number of rotatable bonds is 8. The molecule has 1 aliphatic carbocycles. The fourth-order valence-electron chi connectivity index (χ4n) is 2.90. The molecule has 0 aliphatic heterocycles. The van der Waals surface area contributed by atoms with Crippen molar-refractivity contribution in [2.75, 3.05) is 6.61 Å². The Morgan fingerprint density at radius 1 is 1.12 bits per heavy atom. The second kappa shape index (κ2) is 10.2. The highest BCUT2D eigenvalue weighted by Gasteiger charge is 2.25. The molecule has 0 bridgehead atoms. The van der Waals surface area contributed by atoms with E-state index in [1.807, 2.05) is 26.0 Å². The summed E-state index contributed by atoms with van der Waals surface area (Å²) in [6, 6.07) is 7.23. The summed E-state index contributed by atoms with van der Waals surface area (Å²) in [5.74, 6) is 1.55. The van der Waals surface area contributed by atoms with Gasteiger partial charge in [0.15, 0.2) is 0 Å². The van der Waals surface area contributed by atoms with Crippen LogP contribution in [-0.4, -0.2) is 22.8 Å². The summed E-state index contributed by atoms with van der Waals surface area (Å²) in [6.45, 7) is 4.61. The van der Waals surface area contributed by atoms with Crippen molar-refractivity contribution >= 4 is 28.6 Å². The lowest BCUT2D eigenvalue weighted by molar-refractivity contribution is -0.133. The van der Waals surface area contributed by atoms with E-state index in [1.165, 1.54) is 19.3 Å². The Morgan fingerprint density at radius 2 is 1.75 bits per heavy atom. The summed E-state index contributed by atoms with van der Waals surface area (Å²) < 4.78 is 17.1. The Bertz CT molecular complexity index is 497. The molecule has 1 aromatic rings. The normalized spacial score (nSPS) is 18.0. The molecule has 2 unspecified atom stereocenters.